The maximum absolute atomic E-state index is 11.4. The Morgan fingerprint density at radius 2 is 0.971 bits per heavy atom. The number of methoxy groups -OCH3 is 1. The van der Waals surface area contributed by atoms with Gasteiger partial charge in [-0.2, -0.15) is 16.8 Å². The summed E-state index contributed by atoms with van der Waals surface area (Å²) in [5.74, 6) is 0.694. The zero-order valence-electron chi connectivity index (χ0n) is 17.8. The lowest BCUT2D eigenvalue weighted by Crippen LogP contribution is -1.98. The van der Waals surface area contributed by atoms with Crippen LogP contribution < -0.4 is 4.74 Å². The molecule has 174 valence electrons. The Bertz CT molecular complexity index is 1450. The summed E-state index contributed by atoms with van der Waals surface area (Å²) in [4.78, 5) is 4.20. The predicted molar refractivity (Wildman–Crippen MR) is 127 cm³/mol. The van der Waals surface area contributed by atoms with E-state index in [1.165, 1.54) is 48.5 Å². The molecule has 0 aliphatic heterocycles. The van der Waals surface area contributed by atoms with E-state index in [0.29, 0.717) is 28.3 Å². The molecule has 1 aromatic heterocycles. The first-order valence-electron chi connectivity index (χ1n) is 9.87. The lowest BCUT2D eigenvalue weighted by atomic mass is 10.00. The van der Waals surface area contributed by atoms with Gasteiger partial charge >= 0.3 is 0 Å². The van der Waals surface area contributed by atoms with Crippen molar-refractivity contribution in [2.24, 2.45) is 0 Å². The summed E-state index contributed by atoms with van der Waals surface area (Å²) in [6.45, 7) is 0. The van der Waals surface area contributed by atoms with Crippen LogP contribution >= 0.6 is 0 Å². The van der Waals surface area contributed by atoms with Gasteiger partial charge in [-0.3, -0.25) is 9.11 Å². The predicted octanol–water partition coefficient (Wildman–Crippen LogP) is 4.58. The minimum absolute atomic E-state index is 0.233. The normalized spacial score (nSPS) is 11.9. The van der Waals surface area contributed by atoms with Gasteiger partial charge in [0.25, 0.3) is 20.2 Å². The van der Waals surface area contributed by atoms with Crippen LogP contribution in [0.2, 0.25) is 0 Å². The molecular formula is C24H19NO7S2. The Morgan fingerprint density at radius 1 is 0.588 bits per heavy atom. The van der Waals surface area contributed by atoms with Crippen molar-refractivity contribution in [2.75, 3.05) is 7.11 Å². The van der Waals surface area contributed by atoms with Gasteiger partial charge in [0, 0.05) is 11.1 Å². The van der Waals surface area contributed by atoms with Crippen LogP contribution in [0, 0.1) is 0 Å². The number of ether oxygens (including phenoxy) is 1. The number of aromatic nitrogens is 1. The van der Waals surface area contributed by atoms with E-state index in [0.717, 1.165) is 11.1 Å². The molecule has 4 aromatic rings. The smallest absolute Gasteiger partial charge is 0.294 e. The fraction of sp³-hybridized carbons (Fsp3) is 0.0417. The number of benzene rings is 3. The third-order valence-corrected chi connectivity index (χ3v) is 6.88. The molecule has 34 heavy (non-hydrogen) atoms. The van der Waals surface area contributed by atoms with E-state index >= 15 is 0 Å². The molecule has 0 aliphatic carbocycles. The average Bonchev–Trinajstić information content (AvgIpc) is 2.83. The first-order chi connectivity index (χ1) is 16.0. The lowest BCUT2D eigenvalue weighted by molar-refractivity contribution is 0.415. The van der Waals surface area contributed by atoms with Gasteiger partial charge in [-0.15, -0.1) is 0 Å². The van der Waals surface area contributed by atoms with E-state index in [9.17, 15) is 25.9 Å². The third kappa shape index (κ3) is 5.15. The summed E-state index contributed by atoms with van der Waals surface area (Å²) in [6, 6.07) is 22.3. The molecule has 1 heterocycles. The van der Waals surface area contributed by atoms with Crippen molar-refractivity contribution >= 4 is 20.2 Å². The van der Waals surface area contributed by atoms with Crippen molar-refractivity contribution in [1.82, 2.24) is 4.98 Å². The molecule has 10 heteroatoms. The fourth-order valence-corrected chi connectivity index (χ4v) is 4.33. The molecule has 0 saturated carbocycles. The number of hydrogen-bond acceptors (Lipinski definition) is 6. The Balaban J connectivity index is 1.85. The maximum atomic E-state index is 11.4. The maximum Gasteiger partial charge on any atom is 0.294 e. The summed E-state index contributed by atoms with van der Waals surface area (Å²) in [5, 5.41) is 0. The minimum atomic E-state index is -4.33. The number of pyridine rings is 1. The number of rotatable bonds is 6. The van der Waals surface area contributed by atoms with Gasteiger partial charge in [0.05, 0.1) is 28.3 Å². The van der Waals surface area contributed by atoms with Gasteiger partial charge in [-0.1, -0.05) is 36.4 Å². The standard InChI is InChI=1S/C24H19NO7S2/c1-32-20-8-2-16(3-9-20)19-14-23(17-4-10-21(11-5-17)33(26,27)28)25-24(15-19)18-6-12-22(13-7-18)34(29,30)31/h2-15H,1H3,(H,26,27,28)(H,29,30,31). The fourth-order valence-electron chi connectivity index (χ4n) is 3.37. The van der Waals surface area contributed by atoms with Crippen molar-refractivity contribution in [1.29, 1.82) is 0 Å². The summed E-state index contributed by atoms with van der Waals surface area (Å²) >= 11 is 0. The average molecular weight is 498 g/mol. The van der Waals surface area contributed by atoms with E-state index in [1.807, 2.05) is 36.4 Å². The highest BCUT2D eigenvalue weighted by Gasteiger charge is 2.14. The van der Waals surface area contributed by atoms with Crippen molar-refractivity contribution in [3.63, 3.8) is 0 Å². The van der Waals surface area contributed by atoms with Crippen molar-refractivity contribution in [3.8, 4) is 39.4 Å². The second-order valence-corrected chi connectivity index (χ2v) is 10.2. The van der Waals surface area contributed by atoms with E-state index in [1.54, 1.807) is 7.11 Å². The van der Waals surface area contributed by atoms with Crippen LogP contribution in [0.5, 0.6) is 5.75 Å². The minimum Gasteiger partial charge on any atom is -0.497 e. The van der Waals surface area contributed by atoms with Crippen LogP contribution in [-0.2, 0) is 20.2 Å². The molecule has 4 rings (SSSR count). The zero-order chi connectivity index (χ0) is 24.5. The molecule has 0 atom stereocenters. The second-order valence-electron chi connectivity index (χ2n) is 7.35. The highest BCUT2D eigenvalue weighted by atomic mass is 32.2. The topological polar surface area (TPSA) is 131 Å². The molecule has 0 amide bonds. The van der Waals surface area contributed by atoms with Crippen molar-refractivity contribution < 1.29 is 30.7 Å². The van der Waals surface area contributed by atoms with Gasteiger partial charge in [0.15, 0.2) is 0 Å². The molecule has 0 saturated heterocycles. The Morgan fingerprint density at radius 3 is 1.32 bits per heavy atom. The highest BCUT2D eigenvalue weighted by Crippen LogP contribution is 2.32. The molecule has 0 unspecified atom stereocenters. The SMILES string of the molecule is COc1ccc(-c2cc(-c3ccc(S(=O)(=O)O)cc3)nc(-c3ccc(S(=O)(=O)O)cc3)c2)cc1. The van der Waals surface area contributed by atoms with Crippen molar-refractivity contribution in [2.45, 2.75) is 9.79 Å². The molecule has 8 nitrogen and oxygen atoms in total. The third-order valence-electron chi connectivity index (χ3n) is 5.14. The summed E-state index contributed by atoms with van der Waals surface area (Å²) in [5.41, 5.74) is 3.96. The molecule has 0 spiro atoms. The van der Waals surface area contributed by atoms with Crippen LogP contribution in [0.25, 0.3) is 33.6 Å². The first kappa shape index (κ1) is 23.6. The van der Waals surface area contributed by atoms with Crippen LogP contribution in [0.4, 0.5) is 0 Å². The number of hydrogen-bond donors (Lipinski definition) is 2. The molecule has 0 aliphatic rings. The van der Waals surface area contributed by atoms with Gasteiger partial charge in [0.2, 0.25) is 0 Å². The van der Waals surface area contributed by atoms with Crippen molar-refractivity contribution in [3.05, 3.63) is 84.9 Å². The molecule has 2 N–H and O–H groups in total. The van der Waals surface area contributed by atoms with E-state index < -0.39 is 20.2 Å². The molecule has 0 radical (unpaired) electrons. The Labute approximate surface area is 197 Å². The molecule has 3 aromatic carbocycles. The van der Waals surface area contributed by atoms with Crippen LogP contribution in [0.15, 0.2) is 94.7 Å². The van der Waals surface area contributed by atoms with Crippen LogP contribution in [0.1, 0.15) is 0 Å². The first-order valence-corrected chi connectivity index (χ1v) is 12.7. The largest absolute Gasteiger partial charge is 0.497 e. The highest BCUT2D eigenvalue weighted by molar-refractivity contribution is 7.86. The van der Waals surface area contributed by atoms with Gasteiger partial charge in [0.1, 0.15) is 5.75 Å². The lowest BCUT2D eigenvalue weighted by Gasteiger charge is -2.11. The molecule has 0 bridgehead atoms. The van der Waals surface area contributed by atoms with Gasteiger partial charge in [-0.05, 0) is 59.7 Å². The summed E-state index contributed by atoms with van der Waals surface area (Å²) < 4.78 is 69.2. The molecule has 0 fully saturated rings. The van der Waals surface area contributed by atoms with Gasteiger partial charge < -0.3 is 4.74 Å². The second kappa shape index (κ2) is 8.99. The monoisotopic (exact) mass is 497 g/mol. The van der Waals surface area contributed by atoms with E-state index in [-0.39, 0.29) is 9.79 Å². The van der Waals surface area contributed by atoms with E-state index in [2.05, 4.69) is 4.98 Å². The van der Waals surface area contributed by atoms with Gasteiger partial charge in [-0.25, -0.2) is 4.98 Å². The zero-order valence-corrected chi connectivity index (χ0v) is 19.4. The summed E-state index contributed by atoms with van der Waals surface area (Å²) in [7, 11) is -7.08. The van der Waals surface area contributed by atoms with E-state index in [4.69, 9.17) is 4.74 Å². The summed E-state index contributed by atoms with van der Waals surface area (Å²) in [6.07, 6.45) is 0. The van der Waals surface area contributed by atoms with Crippen LogP contribution in [0.3, 0.4) is 0 Å². The quantitative estimate of drug-likeness (QED) is 0.370. The Hall–Kier alpha value is -3.57. The van der Waals surface area contributed by atoms with Crippen LogP contribution in [-0.4, -0.2) is 38.0 Å². The number of nitrogens with zero attached hydrogens (tertiary/aromatic N) is 1. The Kier molecular flexibility index (Phi) is 6.24. The molecular weight excluding hydrogens is 478 g/mol.